The number of amides is 1. The number of nitrogens with two attached hydrogens (primary N) is 1. The highest BCUT2D eigenvalue weighted by atomic mass is 19.1. The van der Waals surface area contributed by atoms with Crippen molar-refractivity contribution < 1.29 is 13.9 Å². The van der Waals surface area contributed by atoms with Crippen molar-refractivity contribution in [3.63, 3.8) is 0 Å². The molecule has 2 aromatic carbocycles. The average molecular weight is 409 g/mol. The second-order valence-electron chi connectivity index (χ2n) is 7.23. The fourth-order valence-electron chi connectivity index (χ4n) is 3.85. The Balaban J connectivity index is 1.82. The molecule has 0 unspecified atom stereocenters. The summed E-state index contributed by atoms with van der Waals surface area (Å²) in [5.41, 5.74) is 6.64. The van der Waals surface area contributed by atoms with Gasteiger partial charge >= 0.3 is 0 Å². The molecule has 8 heteroatoms. The van der Waals surface area contributed by atoms with E-state index in [-0.39, 0.29) is 17.7 Å². The molecule has 0 atom stereocenters. The number of carbonyl (C=O) groups is 1. The maximum atomic E-state index is 14.0. The first-order valence-corrected chi connectivity index (χ1v) is 9.63. The van der Waals surface area contributed by atoms with Crippen LogP contribution < -0.4 is 15.8 Å². The first-order valence-electron chi connectivity index (χ1n) is 9.63. The van der Waals surface area contributed by atoms with Crippen molar-refractivity contribution in [3.8, 4) is 11.9 Å². The molecule has 0 aromatic heterocycles. The fraction of sp³-hybridized carbons (Fsp3) is 0.318. The Morgan fingerprint density at radius 3 is 2.70 bits per heavy atom. The number of carbonyl (C=O) groups excluding carboxylic acids is 1. The van der Waals surface area contributed by atoms with E-state index in [4.69, 9.17) is 15.7 Å². The molecule has 0 saturated carbocycles. The van der Waals surface area contributed by atoms with E-state index in [1.807, 2.05) is 11.0 Å². The molecule has 1 heterocycles. The Hall–Kier alpha value is -3.60. The highest BCUT2D eigenvalue weighted by Gasteiger charge is 2.37. The zero-order chi connectivity index (χ0) is 21.6. The summed E-state index contributed by atoms with van der Waals surface area (Å²) in [6, 6.07) is 13.5. The van der Waals surface area contributed by atoms with Gasteiger partial charge in [-0.1, -0.05) is 24.3 Å². The molecule has 0 aliphatic carbocycles. The number of rotatable bonds is 5. The van der Waals surface area contributed by atoms with E-state index in [2.05, 4.69) is 10.3 Å². The lowest BCUT2D eigenvalue weighted by Crippen LogP contribution is -2.52. The van der Waals surface area contributed by atoms with Crippen molar-refractivity contribution in [1.29, 1.82) is 5.26 Å². The molecule has 0 radical (unpaired) electrons. The SMILES string of the molecule is COc1ccccc1C(=O)NCC1(c2cccc(F)c2)CCN(C(N)=NC#N)CC1. The largest absolute Gasteiger partial charge is 0.496 e. The van der Waals surface area contributed by atoms with E-state index in [0.29, 0.717) is 43.8 Å². The van der Waals surface area contributed by atoms with Crippen LogP contribution in [0, 0.1) is 17.3 Å². The minimum absolute atomic E-state index is 0.170. The molecule has 3 rings (SSSR count). The third-order valence-electron chi connectivity index (χ3n) is 5.59. The number of piperidine rings is 1. The highest BCUT2D eigenvalue weighted by molar-refractivity contribution is 5.97. The molecule has 1 saturated heterocycles. The van der Waals surface area contributed by atoms with Crippen molar-refractivity contribution in [2.75, 3.05) is 26.7 Å². The van der Waals surface area contributed by atoms with Gasteiger partial charge in [-0.15, -0.1) is 4.99 Å². The number of aliphatic imine (C=N–C) groups is 1. The van der Waals surface area contributed by atoms with Crippen LogP contribution in [-0.2, 0) is 5.41 Å². The van der Waals surface area contributed by atoms with E-state index >= 15 is 0 Å². The number of nitrogens with zero attached hydrogens (tertiary/aromatic N) is 3. The minimum Gasteiger partial charge on any atom is -0.496 e. The fourth-order valence-corrected chi connectivity index (χ4v) is 3.85. The smallest absolute Gasteiger partial charge is 0.255 e. The quantitative estimate of drug-likeness (QED) is 0.448. The number of halogens is 1. The first-order chi connectivity index (χ1) is 14.5. The van der Waals surface area contributed by atoms with Gasteiger partial charge in [0.15, 0.2) is 0 Å². The van der Waals surface area contributed by atoms with Gasteiger partial charge in [0.05, 0.1) is 12.7 Å². The number of nitriles is 1. The van der Waals surface area contributed by atoms with Gasteiger partial charge in [-0.25, -0.2) is 4.39 Å². The van der Waals surface area contributed by atoms with Crippen LogP contribution in [0.15, 0.2) is 53.5 Å². The van der Waals surface area contributed by atoms with Gasteiger partial charge in [0.25, 0.3) is 5.91 Å². The summed E-state index contributed by atoms with van der Waals surface area (Å²) in [5.74, 6) is 0.0839. The third kappa shape index (κ3) is 4.51. The van der Waals surface area contributed by atoms with Crippen LogP contribution >= 0.6 is 0 Å². The van der Waals surface area contributed by atoms with E-state index in [9.17, 15) is 9.18 Å². The number of ether oxygens (including phenoxy) is 1. The molecule has 3 N–H and O–H groups in total. The summed E-state index contributed by atoms with van der Waals surface area (Å²) in [4.78, 5) is 18.2. The van der Waals surface area contributed by atoms with Gasteiger partial charge in [0.2, 0.25) is 12.2 Å². The number of guanidine groups is 1. The predicted octanol–water partition coefficient (Wildman–Crippen LogP) is 2.39. The van der Waals surface area contributed by atoms with Crippen LogP contribution in [0.2, 0.25) is 0 Å². The monoisotopic (exact) mass is 409 g/mol. The van der Waals surface area contributed by atoms with E-state index in [0.717, 1.165) is 5.56 Å². The Labute approximate surface area is 175 Å². The highest BCUT2D eigenvalue weighted by Crippen LogP contribution is 2.35. The van der Waals surface area contributed by atoms with Crippen LogP contribution in [0.5, 0.6) is 5.75 Å². The number of nitrogens with one attached hydrogen (secondary N) is 1. The molecule has 30 heavy (non-hydrogen) atoms. The lowest BCUT2D eigenvalue weighted by atomic mass is 9.72. The first kappa shape index (κ1) is 21.1. The molecule has 156 valence electrons. The van der Waals surface area contributed by atoms with Gasteiger partial charge in [-0.05, 0) is 42.7 Å². The number of para-hydroxylation sites is 1. The zero-order valence-electron chi connectivity index (χ0n) is 16.8. The number of hydrogen-bond acceptors (Lipinski definition) is 4. The minimum atomic E-state index is -0.469. The maximum Gasteiger partial charge on any atom is 0.255 e. The third-order valence-corrected chi connectivity index (χ3v) is 5.59. The number of likely N-dealkylation sites (tertiary alicyclic amines) is 1. The number of methoxy groups -OCH3 is 1. The predicted molar refractivity (Wildman–Crippen MR) is 111 cm³/mol. The lowest BCUT2D eigenvalue weighted by molar-refractivity contribution is 0.0929. The van der Waals surface area contributed by atoms with E-state index < -0.39 is 5.41 Å². The molecule has 1 amide bonds. The zero-order valence-corrected chi connectivity index (χ0v) is 16.8. The van der Waals surface area contributed by atoms with Crippen LogP contribution in [-0.4, -0.2) is 43.5 Å². The molecule has 1 aliphatic rings. The van der Waals surface area contributed by atoms with E-state index in [1.165, 1.54) is 19.2 Å². The Morgan fingerprint density at radius 2 is 2.03 bits per heavy atom. The van der Waals surface area contributed by atoms with Crippen LogP contribution in [0.3, 0.4) is 0 Å². The van der Waals surface area contributed by atoms with E-state index in [1.54, 1.807) is 36.5 Å². The van der Waals surface area contributed by atoms with Gasteiger partial charge in [-0.3, -0.25) is 4.79 Å². The summed E-state index contributed by atoms with van der Waals surface area (Å²) < 4.78 is 19.2. The van der Waals surface area contributed by atoms with Crippen LogP contribution in [0.4, 0.5) is 4.39 Å². The van der Waals surface area contributed by atoms with Crippen molar-refractivity contribution in [2.24, 2.45) is 10.7 Å². The Kier molecular flexibility index (Phi) is 6.52. The average Bonchev–Trinajstić information content (AvgIpc) is 2.78. The summed E-state index contributed by atoms with van der Waals surface area (Å²) in [5, 5.41) is 11.7. The summed E-state index contributed by atoms with van der Waals surface area (Å²) in [7, 11) is 1.52. The van der Waals surface area contributed by atoms with Crippen molar-refractivity contribution in [2.45, 2.75) is 18.3 Å². The standard InChI is InChI=1S/C22H24FN5O2/c1-30-19-8-3-2-7-18(19)20(29)26-14-22(16-5-4-6-17(23)13-16)9-11-28(12-10-22)21(25)27-15-24/h2-8,13H,9-12,14H2,1H3,(H2,25,27)(H,26,29). The number of benzene rings is 2. The molecule has 7 nitrogen and oxygen atoms in total. The molecule has 0 spiro atoms. The molecule has 1 aliphatic heterocycles. The molecule has 0 bridgehead atoms. The molecule has 1 fully saturated rings. The molecule has 2 aromatic rings. The Morgan fingerprint density at radius 1 is 1.30 bits per heavy atom. The molecular formula is C22H24FN5O2. The number of hydrogen-bond donors (Lipinski definition) is 2. The normalized spacial score (nSPS) is 15.9. The summed E-state index contributed by atoms with van der Waals surface area (Å²) >= 11 is 0. The second kappa shape index (κ2) is 9.27. The summed E-state index contributed by atoms with van der Waals surface area (Å²) in [6.45, 7) is 1.41. The van der Waals surface area contributed by atoms with Crippen molar-refractivity contribution in [3.05, 3.63) is 65.5 Å². The van der Waals surface area contributed by atoms with Crippen LogP contribution in [0.1, 0.15) is 28.8 Å². The van der Waals surface area contributed by atoms with Gasteiger partial charge in [-0.2, -0.15) is 5.26 Å². The summed E-state index contributed by atoms with van der Waals surface area (Å²) in [6.07, 6.45) is 2.93. The maximum absolute atomic E-state index is 14.0. The van der Waals surface area contributed by atoms with Crippen LogP contribution in [0.25, 0.3) is 0 Å². The molecular weight excluding hydrogens is 385 g/mol. The van der Waals surface area contributed by atoms with Crippen molar-refractivity contribution in [1.82, 2.24) is 10.2 Å². The second-order valence-corrected chi connectivity index (χ2v) is 7.23. The topological polar surface area (TPSA) is 104 Å². The van der Waals surface area contributed by atoms with Gasteiger partial charge < -0.3 is 20.7 Å². The Bertz CT molecular complexity index is 977. The lowest BCUT2D eigenvalue weighted by Gasteiger charge is -2.42. The van der Waals surface area contributed by atoms with Gasteiger partial charge in [0, 0.05) is 25.0 Å². The van der Waals surface area contributed by atoms with Gasteiger partial charge in [0.1, 0.15) is 11.6 Å². The van der Waals surface area contributed by atoms with Crippen molar-refractivity contribution >= 4 is 11.9 Å².